The van der Waals surface area contributed by atoms with Crippen molar-refractivity contribution in [1.82, 2.24) is 10.3 Å². The first-order valence-electron chi connectivity index (χ1n) is 6.30. The molecule has 1 saturated carbocycles. The van der Waals surface area contributed by atoms with Crippen LogP contribution in [0.1, 0.15) is 37.1 Å². The molecule has 0 bridgehead atoms. The van der Waals surface area contributed by atoms with Crippen LogP contribution < -0.4 is 5.32 Å². The van der Waals surface area contributed by atoms with Crippen LogP contribution in [-0.2, 0) is 15.1 Å². The lowest BCUT2D eigenvalue weighted by Crippen LogP contribution is -2.42. The largest absolute Gasteiger partial charge is 0.378 e. The number of carbonyl (C=O) groups excluding carboxylic acids is 1. The second-order valence-corrected chi connectivity index (χ2v) is 6.46. The van der Waals surface area contributed by atoms with Crippen molar-refractivity contribution in [3.05, 3.63) is 16.1 Å². The summed E-state index contributed by atoms with van der Waals surface area (Å²) >= 11 is 1.62. The molecular weight excluding hydrogens is 248 g/mol. The van der Waals surface area contributed by atoms with Gasteiger partial charge in [0.15, 0.2) is 0 Å². The summed E-state index contributed by atoms with van der Waals surface area (Å²) in [5.74, 6) is 0.0941. The fourth-order valence-electron chi connectivity index (χ4n) is 1.94. The molecule has 1 aromatic heterocycles. The van der Waals surface area contributed by atoms with Gasteiger partial charge in [0.05, 0.1) is 17.6 Å². The van der Waals surface area contributed by atoms with Gasteiger partial charge in [-0.1, -0.05) is 0 Å². The smallest absolute Gasteiger partial charge is 0.226 e. The van der Waals surface area contributed by atoms with Crippen molar-refractivity contribution in [1.29, 1.82) is 0 Å². The average Bonchev–Trinajstić information content (AvgIpc) is 2.90. The molecule has 0 aliphatic heterocycles. The van der Waals surface area contributed by atoms with Gasteiger partial charge in [-0.2, -0.15) is 0 Å². The predicted octanol–water partition coefficient (Wildman–Crippen LogP) is 2.23. The van der Waals surface area contributed by atoms with Crippen molar-refractivity contribution < 1.29 is 9.53 Å². The number of carbonyl (C=O) groups is 1. The monoisotopic (exact) mass is 268 g/mol. The summed E-state index contributed by atoms with van der Waals surface area (Å²) in [4.78, 5) is 17.6. The van der Waals surface area contributed by atoms with Crippen molar-refractivity contribution in [3.8, 4) is 0 Å². The highest BCUT2D eigenvalue weighted by Crippen LogP contribution is 2.35. The molecule has 1 aliphatic carbocycles. The summed E-state index contributed by atoms with van der Waals surface area (Å²) < 4.78 is 5.44. The molecule has 0 saturated heterocycles. The minimum atomic E-state index is -0.407. The van der Waals surface area contributed by atoms with Crippen LogP contribution in [0.3, 0.4) is 0 Å². The van der Waals surface area contributed by atoms with E-state index in [1.807, 2.05) is 33.9 Å². The normalized spacial score (nSPS) is 22.9. The summed E-state index contributed by atoms with van der Waals surface area (Å²) in [5.41, 5.74) is -0.407. The number of thiazole rings is 1. The van der Waals surface area contributed by atoms with Crippen LogP contribution in [0.15, 0.2) is 6.20 Å². The topological polar surface area (TPSA) is 51.2 Å². The molecule has 1 fully saturated rings. The van der Waals surface area contributed by atoms with Crippen molar-refractivity contribution >= 4 is 17.2 Å². The number of ether oxygens (including phenoxy) is 1. The third-order valence-electron chi connectivity index (χ3n) is 3.04. The first-order chi connectivity index (χ1) is 8.44. The van der Waals surface area contributed by atoms with E-state index < -0.39 is 5.54 Å². The maximum atomic E-state index is 12.1. The summed E-state index contributed by atoms with van der Waals surface area (Å²) in [6.07, 6.45) is 2.80. The van der Waals surface area contributed by atoms with Crippen molar-refractivity contribution in [2.24, 2.45) is 5.92 Å². The molecule has 1 aromatic rings. The van der Waals surface area contributed by atoms with Gasteiger partial charge < -0.3 is 10.1 Å². The molecule has 2 atom stereocenters. The van der Waals surface area contributed by atoms with Crippen LogP contribution in [0.4, 0.5) is 0 Å². The standard InChI is InChI=1S/C13H20N2O2S/c1-5-17-10-6-9(10)11(16)15-13(3,4)12-14-7-8(2)18-12/h7,9-10H,5-6H2,1-4H3,(H,15,16). The van der Waals surface area contributed by atoms with Crippen molar-refractivity contribution in [3.63, 3.8) is 0 Å². The Balaban J connectivity index is 1.94. The zero-order chi connectivity index (χ0) is 13.3. The SMILES string of the molecule is CCOC1CC1C(=O)NC(C)(C)c1ncc(C)s1. The number of hydrogen-bond donors (Lipinski definition) is 1. The van der Waals surface area contributed by atoms with Gasteiger partial charge in [-0.3, -0.25) is 4.79 Å². The third kappa shape index (κ3) is 2.90. The first kappa shape index (κ1) is 13.5. The number of amides is 1. The van der Waals surface area contributed by atoms with Crippen LogP contribution in [0.25, 0.3) is 0 Å². The Kier molecular flexibility index (Phi) is 3.73. The average molecular weight is 268 g/mol. The zero-order valence-corrected chi connectivity index (χ0v) is 12.1. The Bertz CT molecular complexity index is 442. The van der Waals surface area contributed by atoms with E-state index in [0.29, 0.717) is 6.61 Å². The molecule has 18 heavy (non-hydrogen) atoms. The quantitative estimate of drug-likeness (QED) is 0.891. The van der Waals surface area contributed by atoms with Crippen LogP contribution in [0.5, 0.6) is 0 Å². The lowest BCUT2D eigenvalue weighted by Gasteiger charge is -2.23. The molecule has 2 unspecified atom stereocenters. The van der Waals surface area contributed by atoms with E-state index in [9.17, 15) is 4.79 Å². The van der Waals surface area contributed by atoms with Crippen LogP contribution in [0, 0.1) is 12.8 Å². The Morgan fingerprint density at radius 3 is 2.94 bits per heavy atom. The van der Waals surface area contributed by atoms with Crippen molar-refractivity contribution in [2.75, 3.05) is 6.61 Å². The van der Waals surface area contributed by atoms with Gasteiger partial charge >= 0.3 is 0 Å². The molecule has 0 radical (unpaired) electrons. The summed E-state index contributed by atoms with van der Waals surface area (Å²) in [7, 11) is 0. The Morgan fingerprint density at radius 1 is 1.67 bits per heavy atom. The van der Waals surface area contributed by atoms with Crippen LogP contribution >= 0.6 is 11.3 Å². The number of nitrogens with zero attached hydrogens (tertiary/aromatic N) is 1. The Morgan fingerprint density at radius 2 is 2.39 bits per heavy atom. The molecule has 0 aromatic carbocycles. The molecular formula is C13H20N2O2S. The Hall–Kier alpha value is -0.940. The molecule has 1 heterocycles. The summed E-state index contributed by atoms with van der Waals surface area (Å²) in [5, 5.41) is 4.01. The summed E-state index contributed by atoms with van der Waals surface area (Å²) in [6.45, 7) is 8.62. The molecule has 0 spiro atoms. The van der Waals surface area contributed by atoms with Crippen molar-refractivity contribution in [2.45, 2.75) is 45.8 Å². The lowest BCUT2D eigenvalue weighted by atomic mass is 10.1. The Labute approximate surface area is 112 Å². The maximum absolute atomic E-state index is 12.1. The van der Waals surface area contributed by atoms with Gasteiger partial charge in [0.1, 0.15) is 5.01 Å². The fraction of sp³-hybridized carbons (Fsp3) is 0.692. The van der Waals surface area contributed by atoms with E-state index in [1.54, 1.807) is 11.3 Å². The van der Waals surface area contributed by atoms with E-state index in [-0.39, 0.29) is 17.9 Å². The van der Waals surface area contributed by atoms with E-state index >= 15 is 0 Å². The fourth-order valence-corrected chi connectivity index (χ4v) is 2.77. The lowest BCUT2D eigenvalue weighted by molar-refractivity contribution is -0.125. The molecule has 2 rings (SSSR count). The summed E-state index contributed by atoms with van der Waals surface area (Å²) in [6, 6.07) is 0. The number of rotatable bonds is 5. The van der Waals surface area contributed by atoms with Gasteiger partial charge in [0.25, 0.3) is 0 Å². The second kappa shape index (κ2) is 4.97. The second-order valence-electron chi connectivity index (χ2n) is 5.23. The number of aromatic nitrogens is 1. The van der Waals surface area contributed by atoms with E-state index in [0.717, 1.165) is 16.3 Å². The highest BCUT2D eigenvalue weighted by Gasteiger charge is 2.45. The number of hydrogen-bond acceptors (Lipinski definition) is 4. The third-order valence-corrected chi connectivity index (χ3v) is 4.28. The minimum absolute atomic E-state index is 0.0188. The van der Waals surface area contributed by atoms with E-state index in [1.165, 1.54) is 0 Å². The van der Waals surface area contributed by atoms with E-state index in [4.69, 9.17) is 4.74 Å². The molecule has 1 N–H and O–H groups in total. The van der Waals surface area contributed by atoms with Gasteiger partial charge in [-0.25, -0.2) is 4.98 Å². The zero-order valence-electron chi connectivity index (χ0n) is 11.3. The van der Waals surface area contributed by atoms with Crippen LogP contribution in [0.2, 0.25) is 0 Å². The molecule has 1 aliphatic rings. The van der Waals surface area contributed by atoms with Gasteiger partial charge in [0, 0.05) is 17.7 Å². The first-order valence-corrected chi connectivity index (χ1v) is 7.12. The predicted molar refractivity (Wildman–Crippen MR) is 71.5 cm³/mol. The maximum Gasteiger partial charge on any atom is 0.226 e. The molecule has 5 heteroatoms. The van der Waals surface area contributed by atoms with Crippen LogP contribution in [-0.4, -0.2) is 23.6 Å². The molecule has 100 valence electrons. The highest BCUT2D eigenvalue weighted by molar-refractivity contribution is 7.11. The molecule has 1 amide bonds. The van der Waals surface area contributed by atoms with Gasteiger partial charge in [-0.15, -0.1) is 11.3 Å². The number of aryl methyl sites for hydroxylation is 1. The molecule has 4 nitrogen and oxygen atoms in total. The minimum Gasteiger partial charge on any atom is -0.378 e. The van der Waals surface area contributed by atoms with E-state index in [2.05, 4.69) is 10.3 Å². The van der Waals surface area contributed by atoms with Gasteiger partial charge in [0.2, 0.25) is 5.91 Å². The number of nitrogens with one attached hydrogen (secondary N) is 1. The highest BCUT2D eigenvalue weighted by atomic mass is 32.1. The van der Waals surface area contributed by atoms with Gasteiger partial charge in [-0.05, 0) is 34.1 Å².